The number of nitrogens with zero attached hydrogens (tertiary/aromatic N) is 1. The SMILES string of the molecule is CC.COc1cc(C=O)c(C)cn1. The summed E-state index contributed by atoms with van der Waals surface area (Å²) in [4.78, 5) is 14.3. The monoisotopic (exact) mass is 181 g/mol. The number of ether oxygens (including phenoxy) is 1. The molecule has 1 aromatic rings. The molecule has 0 saturated heterocycles. The summed E-state index contributed by atoms with van der Waals surface area (Å²) in [5.74, 6) is 0.470. The molecule has 0 aliphatic carbocycles. The van der Waals surface area contributed by atoms with E-state index >= 15 is 0 Å². The molecular formula is C10H15NO2. The molecule has 0 fully saturated rings. The summed E-state index contributed by atoms with van der Waals surface area (Å²) >= 11 is 0. The Hall–Kier alpha value is -1.38. The average molecular weight is 181 g/mol. The lowest BCUT2D eigenvalue weighted by Crippen LogP contribution is -1.92. The van der Waals surface area contributed by atoms with E-state index in [9.17, 15) is 4.79 Å². The zero-order valence-electron chi connectivity index (χ0n) is 8.50. The zero-order valence-corrected chi connectivity index (χ0v) is 8.50. The van der Waals surface area contributed by atoms with Crippen LogP contribution in [0.15, 0.2) is 12.3 Å². The van der Waals surface area contributed by atoms with Crippen molar-refractivity contribution in [1.82, 2.24) is 4.98 Å². The summed E-state index contributed by atoms with van der Waals surface area (Å²) in [7, 11) is 1.52. The van der Waals surface area contributed by atoms with E-state index in [0.717, 1.165) is 11.8 Å². The Morgan fingerprint density at radius 3 is 2.54 bits per heavy atom. The smallest absolute Gasteiger partial charge is 0.213 e. The molecule has 3 nitrogen and oxygen atoms in total. The predicted molar refractivity (Wildman–Crippen MR) is 52.3 cm³/mol. The molecule has 3 heteroatoms. The molecule has 72 valence electrons. The maximum atomic E-state index is 10.4. The molecule has 0 radical (unpaired) electrons. The first kappa shape index (κ1) is 11.6. The van der Waals surface area contributed by atoms with Gasteiger partial charge in [0, 0.05) is 17.8 Å². The van der Waals surface area contributed by atoms with Gasteiger partial charge in [0.1, 0.15) is 0 Å². The number of carbonyl (C=O) groups excluding carboxylic acids is 1. The number of aryl methyl sites for hydroxylation is 1. The van der Waals surface area contributed by atoms with E-state index < -0.39 is 0 Å². The first-order chi connectivity index (χ1) is 6.27. The lowest BCUT2D eigenvalue weighted by Gasteiger charge is -2.00. The van der Waals surface area contributed by atoms with Gasteiger partial charge >= 0.3 is 0 Å². The maximum absolute atomic E-state index is 10.4. The molecule has 0 N–H and O–H groups in total. The van der Waals surface area contributed by atoms with Crippen LogP contribution in [-0.2, 0) is 0 Å². The quantitative estimate of drug-likeness (QED) is 0.657. The van der Waals surface area contributed by atoms with Gasteiger partial charge in [0.25, 0.3) is 0 Å². The highest BCUT2D eigenvalue weighted by Gasteiger charge is 1.98. The summed E-state index contributed by atoms with van der Waals surface area (Å²) < 4.78 is 4.84. The number of hydrogen-bond acceptors (Lipinski definition) is 3. The fraction of sp³-hybridized carbons (Fsp3) is 0.400. The second-order valence-electron chi connectivity index (χ2n) is 2.20. The molecule has 0 aliphatic rings. The molecule has 0 aromatic carbocycles. The van der Waals surface area contributed by atoms with Gasteiger partial charge in [0.15, 0.2) is 6.29 Å². The normalized spacial score (nSPS) is 8.31. The first-order valence-electron chi connectivity index (χ1n) is 4.23. The standard InChI is InChI=1S/C8H9NO2.C2H6/c1-6-4-9-8(11-2)3-7(6)5-10;1-2/h3-5H,1-2H3;1-2H3. The number of carbonyl (C=O) groups is 1. The van der Waals surface area contributed by atoms with Crippen LogP contribution < -0.4 is 4.74 Å². The van der Waals surface area contributed by atoms with E-state index in [1.807, 2.05) is 20.8 Å². The van der Waals surface area contributed by atoms with Gasteiger partial charge in [-0.3, -0.25) is 4.79 Å². The number of pyridine rings is 1. The van der Waals surface area contributed by atoms with E-state index in [0.29, 0.717) is 11.4 Å². The summed E-state index contributed by atoms with van der Waals surface area (Å²) in [6.45, 7) is 5.83. The molecule has 13 heavy (non-hydrogen) atoms. The third kappa shape index (κ3) is 3.23. The molecule has 0 amide bonds. The van der Waals surface area contributed by atoms with Crippen LogP contribution >= 0.6 is 0 Å². The third-order valence-electron chi connectivity index (χ3n) is 1.46. The van der Waals surface area contributed by atoms with E-state index in [4.69, 9.17) is 4.74 Å². The van der Waals surface area contributed by atoms with Crippen LogP contribution in [0, 0.1) is 6.92 Å². The molecular weight excluding hydrogens is 166 g/mol. The van der Waals surface area contributed by atoms with Gasteiger partial charge in [0.2, 0.25) is 5.88 Å². The molecule has 1 heterocycles. The van der Waals surface area contributed by atoms with Gasteiger partial charge < -0.3 is 4.74 Å². The minimum atomic E-state index is 0.470. The third-order valence-corrected chi connectivity index (χ3v) is 1.46. The van der Waals surface area contributed by atoms with Crippen molar-refractivity contribution in [2.45, 2.75) is 20.8 Å². The number of methoxy groups -OCH3 is 1. The summed E-state index contributed by atoms with van der Waals surface area (Å²) in [5.41, 5.74) is 1.48. The Kier molecular flexibility index (Phi) is 5.52. The summed E-state index contributed by atoms with van der Waals surface area (Å²) in [6, 6.07) is 1.61. The van der Waals surface area contributed by atoms with Crippen LogP contribution in [0.2, 0.25) is 0 Å². The summed E-state index contributed by atoms with van der Waals surface area (Å²) in [5, 5.41) is 0. The lowest BCUT2D eigenvalue weighted by atomic mass is 10.2. The van der Waals surface area contributed by atoms with Crippen LogP contribution in [0.4, 0.5) is 0 Å². The van der Waals surface area contributed by atoms with Gasteiger partial charge in [0.05, 0.1) is 7.11 Å². The van der Waals surface area contributed by atoms with Gasteiger partial charge in [-0.15, -0.1) is 0 Å². The predicted octanol–water partition coefficient (Wildman–Crippen LogP) is 2.24. The molecule has 0 bridgehead atoms. The topological polar surface area (TPSA) is 39.2 Å². The second-order valence-corrected chi connectivity index (χ2v) is 2.20. The first-order valence-corrected chi connectivity index (χ1v) is 4.23. The fourth-order valence-corrected chi connectivity index (χ4v) is 0.758. The van der Waals surface area contributed by atoms with Crippen LogP contribution in [0.1, 0.15) is 29.8 Å². The maximum Gasteiger partial charge on any atom is 0.213 e. The number of aldehydes is 1. The van der Waals surface area contributed by atoms with Crippen molar-refractivity contribution in [3.05, 3.63) is 23.4 Å². The molecule has 0 saturated carbocycles. The number of aromatic nitrogens is 1. The minimum Gasteiger partial charge on any atom is -0.481 e. The fourth-order valence-electron chi connectivity index (χ4n) is 0.758. The zero-order chi connectivity index (χ0) is 10.3. The van der Waals surface area contributed by atoms with E-state index in [-0.39, 0.29) is 0 Å². The van der Waals surface area contributed by atoms with Crippen molar-refractivity contribution in [2.75, 3.05) is 7.11 Å². The molecule has 0 spiro atoms. The Morgan fingerprint density at radius 2 is 2.08 bits per heavy atom. The number of hydrogen-bond donors (Lipinski definition) is 0. The highest BCUT2D eigenvalue weighted by atomic mass is 16.5. The van der Waals surface area contributed by atoms with Crippen LogP contribution in [0.5, 0.6) is 5.88 Å². The molecule has 0 aliphatic heterocycles. The number of rotatable bonds is 2. The van der Waals surface area contributed by atoms with Crippen molar-refractivity contribution in [1.29, 1.82) is 0 Å². The Labute approximate surface area is 78.8 Å². The van der Waals surface area contributed by atoms with Crippen LogP contribution in [-0.4, -0.2) is 18.4 Å². The molecule has 0 atom stereocenters. The highest BCUT2D eigenvalue weighted by Crippen LogP contribution is 2.10. The van der Waals surface area contributed by atoms with Gasteiger partial charge in [-0.1, -0.05) is 13.8 Å². The minimum absolute atomic E-state index is 0.470. The lowest BCUT2D eigenvalue weighted by molar-refractivity contribution is 0.112. The van der Waals surface area contributed by atoms with E-state index in [2.05, 4.69) is 4.98 Å². The Balaban J connectivity index is 0.000000671. The van der Waals surface area contributed by atoms with E-state index in [1.165, 1.54) is 7.11 Å². The van der Waals surface area contributed by atoms with Crippen molar-refractivity contribution in [3.8, 4) is 5.88 Å². The van der Waals surface area contributed by atoms with Crippen LogP contribution in [0.25, 0.3) is 0 Å². The summed E-state index contributed by atoms with van der Waals surface area (Å²) in [6.07, 6.45) is 2.40. The van der Waals surface area contributed by atoms with Crippen molar-refractivity contribution < 1.29 is 9.53 Å². The largest absolute Gasteiger partial charge is 0.481 e. The molecule has 0 unspecified atom stereocenters. The van der Waals surface area contributed by atoms with Crippen LogP contribution in [0.3, 0.4) is 0 Å². The molecule has 1 aromatic heterocycles. The van der Waals surface area contributed by atoms with Gasteiger partial charge in [-0.25, -0.2) is 4.98 Å². The van der Waals surface area contributed by atoms with Gasteiger partial charge in [-0.2, -0.15) is 0 Å². The van der Waals surface area contributed by atoms with Crippen molar-refractivity contribution >= 4 is 6.29 Å². The molecule has 1 rings (SSSR count). The highest BCUT2D eigenvalue weighted by molar-refractivity contribution is 5.77. The van der Waals surface area contributed by atoms with Crippen molar-refractivity contribution in [2.24, 2.45) is 0 Å². The Bertz CT molecular complexity index is 272. The van der Waals surface area contributed by atoms with E-state index in [1.54, 1.807) is 12.3 Å². The van der Waals surface area contributed by atoms with Gasteiger partial charge in [-0.05, 0) is 12.5 Å². The van der Waals surface area contributed by atoms with Crippen molar-refractivity contribution in [3.63, 3.8) is 0 Å². The second kappa shape index (κ2) is 6.17. The Morgan fingerprint density at radius 1 is 1.46 bits per heavy atom. The average Bonchev–Trinajstić information content (AvgIpc) is 2.22.